The normalized spacial score (nSPS) is 21.3. The molecule has 0 aromatic carbocycles. The van der Waals surface area contributed by atoms with Gasteiger partial charge in [-0.15, -0.1) is 11.6 Å². The van der Waals surface area contributed by atoms with Gasteiger partial charge in [0.15, 0.2) is 0 Å². The Hall–Kier alpha value is -0.660. The average Bonchev–Trinajstić information content (AvgIpc) is 2.62. The van der Waals surface area contributed by atoms with E-state index in [9.17, 15) is 31.1 Å². The van der Waals surface area contributed by atoms with Crippen molar-refractivity contribution < 1.29 is 31.1 Å². The molecule has 1 rings (SSSR count). The molecule has 9 heteroatoms. The van der Waals surface area contributed by atoms with Gasteiger partial charge in [-0.3, -0.25) is 4.79 Å². The number of carbonyl (C=O) groups excluding carboxylic acids is 1. The molecule has 0 aromatic rings. The van der Waals surface area contributed by atoms with Gasteiger partial charge in [0.25, 0.3) is 0 Å². The number of rotatable bonds is 3. The summed E-state index contributed by atoms with van der Waals surface area (Å²) >= 11 is 5.45. The van der Waals surface area contributed by atoms with Crippen LogP contribution in [-0.4, -0.2) is 42.1 Å². The van der Waals surface area contributed by atoms with Gasteiger partial charge in [-0.1, -0.05) is 0 Å². The Labute approximate surface area is 110 Å². The molecule has 1 fully saturated rings. The molecular weight excluding hydrogens is 300 g/mol. The van der Waals surface area contributed by atoms with Crippen molar-refractivity contribution in [1.82, 2.24) is 4.90 Å². The van der Waals surface area contributed by atoms with Gasteiger partial charge in [-0.2, -0.15) is 26.3 Å². The number of carbonyl (C=O) groups is 1. The van der Waals surface area contributed by atoms with Crippen LogP contribution in [0.15, 0.2) is 0 Å². The van der Waals surface area contributed by atoms with Gasteiger partial charge in [-0.25, -0.2) is 0 Å². The summed E-state index contributed by atoms with van der Waals surface area (Å²) in [6.45, 7) is -0.197. The first-order valence-corrected chi connectivity index (χ1v) is 6.09. The monoisotopic (exact) mass is 311 g/mol. The van der Waals surface area contributed by atoms with Gasteiger partial charge < -0.3 is 4.90 Å². The Bertz CT molecular complexity index is 315. The average molecular weight is 312 g/mol. The first-order chi connectivity index (χ1) is 8.57. The summed E-state index contributed by atoms with van der Waals surface area (Å²) in [6.07, 6.45) is -10.4. The lowest BCUT2D eigenvalue weighted by atomic mass is 10.1. The summed E-state index contributed by atoms with van der Waals surface area (Å²) in [7, 11) is 0. The number of hydrogen-bond donors (Lipinski definition) is 0. The van der Waals surface area contributed by atoms with Gasteiger partial charge in [-0.05, 0) is 18.8 Å². The van der Waals surface area contributed by atoms with Gasteiger partial charge in [0.1, 0.15) is 0 Å². The molecule has 112 valence electrons. The Morgan fingerprint density at radius 1 is 1.21 bits per heavy atom. The van der Waals surface area contributed by atoms with E-state index in [1.54, 1.807) is 0 Å². The van der Waals surface area contributed by atoms with E-state index < -0.39 is 24.2 Å². The van der Waals surface area contributed by atoms with Crippen LogP contribution in [-0.2, 0) is 4.79 Å². The van der Waals surface area contributed by atoms with Gasteiger partial charge in [0.2, 0.25) is 11.8 Å². The SMILES string of the molecule is O=C(C(C(F)(F)F)C(F)(F)F)N1CCC(CCCl)C1. The molecule has 1 saturated heterocycles. The highest BCUT2D eigenvalue weighted by atomic mass is 35.5. The van der Waals surface area contributed by atoms with E-state index in [0.29, 0.717) is 17.7 Å². The minimum Gasteiger partial charge on any atom is -0.342 e. The van der Waals surface area contributed by atoms with Crippen LogP contribution in [0.1, 0.15) is 12.8 Å². The lowest BCUT2D eigenvalue weighted by Gasteiger charge is -2.26. The van der Waals surface area contributed by atoms with Crippen LogP contribution in [0.25, 0.3) is 0 Å². The molecule has 1 unspecified atom stereocenters. The minimum atomic E-state index is -5.63. The fraction of sp³-hybridized carbons (Fsp3) is 0.900. The summed E-state index contributed by atoms with van der Waals surface area (Å²) in [6, 6.07) is 0. The van der Waals surface area contributed by atoms with Crippen molar-refractivity contribution in [1.29, 1.82) is 0 Å². The van der Waals surface area contributed by atoms with Crippen LogP contribution >= 0.6 is 11.6 Å². The lowest BCUT2D eigenvalue weighted by molar-refractivity contribution is -0.277. The second-order valence-corrected chi connectivity index (χ2v) is 4.81. The number of hydrogen-bond acceptors (Lipinski definition) is 1. The minimum absolute atomic E-state index is 0.0942. The summed E-state index contributed by atoms with van der Waals surface area (Å²) in [4.78, 5) is 12.1. The smallest absolute Gasteiger partial charge is 0.342 e. The molecule has 19 heavy (non-hydrogen) atoms. The van der Waals surface area contributed by atoms with Crippen LogP contribution in [0.5, 0.6) is 0 Å². The van der Waals surface area contributed by atoms with Crippen molar-refractivity contribution >= 4 is 17.5 Å². The maximum atomic E-state index is 12.4. The zero-order chi connectivity index (χ0) is 14.8. The van der Waals surface area contributed by atoms with Gasteiger partial charge in [0, 0.05) is 19.0 Å². The van der Waals surface area contributed by atoms with Crippen LogP contribution in [0.4, 0.5) is 26.3 Å². The molecule has 0 bridgehead atoms. The van der Waals surface area contributed by atoms with E-state index >= 15 is 0 Å². The van der Waals surface area contributed by atoms with Crippen molar-refractivity contribution in [3.63, 3.8) is 0 Å². The third-order valence-electron chi connectivity index (χ3n) is 3.02. The van der Waals surface area contributed by atoms with Crippen molar-refractivity contribution in [2.24, 2.45) is 11.8 Å². The van der Waals surface area contributed by atoms with Crippen molar-refractivity contribution in [2.75, 3.05) is 19.0 Å². The highest BCUT2D eigenvalue weighted by molar-refractivity contribution is 6.17. The highest BCUT2D eigenvalue weighted by Crippen LogP contribution is 2.41. The van der Waals surface area contributed by atoms with E-state index in [0.717, 1.165) is 0 Å². The topological polar surface area (TPSA) is 20.3 Å². The molecule has 1 aliphatic heterocycles. The van der Waals surface area contributed by atoms with Crippen molar-refractivity contribution in [3.8, 4) is 0 Å². The Morgan fingerprint density at radius 2 is 1.74 bits per heavy atom. The molecule has 0 N–H and O–H groups in total. The first kappa shape index (κ1) is 16.4. The zero-order valence-electron chi connectivity index (χ0n) is 9.69. The van der Waals surface area contributed by atoms with Crippen LogP contribution in [0.2, 0.25) is 0 Å². The van der Waals surface area contributed by atoms with Gasteiger partial charge >= 0.3 is 12.4 Å². The summed E-state index contributed by atoms with van der Waals surface area (Å²) in [5.41, 5.74) is 0. The molecule has 0 saturated carbocycles. The molecule has 2 nitrogen and oxygen atoms in total. The van der Waals surface area contributed by atoms with Gasteiger partial charge in [0.05, 0.1) is 0 Å². The maximum absolute atomic E-state index is 12.4. The van der Waals surface area contributed by atoms with E-state index in [1.165, 1.54) is 0 Å². The standard InChI is InChI=1S/C10H12ClF6NO/c11-3-1-6-2-4-18(5-6)8(19)7(9(12,13)14)10(15,16)17/h6-7H,1-5H2. The Balaban J connectivity index is 2.80. The maximum Gasteiger partial charge on any atom is 0.409 e. The number of nitrogens with zero attached hydrogens (tertiary/aromatic N) is 1. The fourth-order valence-corrected chi connectivity index (χ4v) is 2.38. The third kappa shape index (κ3) is 4.15. The summed E-state index contributed by atoms with van der Waals surface area (Å²) < 4.78 is 74.3. The van der Waals surface area contributed by atoms with Crippen LogP contribution in [0.3, 0.4) is 0 Å². The van der Waals surface area contributed by atoms with E-state index in [1.807, 2.05) is 0 Å². The Kier molecular flexibility index (Phi) is 4.97. The second kappa shape index (κ2) is 5.76. The van der Waals surface area contributed by atoms with Crippen LogP contribution < -0.4 is 0 Å². The quantitative estimate of drug-likeness (QED) is 0.579. The number of halogens is 7. The fourth-order valence-electron chi connectivity index (χ4n) is 2.07. The predicted octanol–water partition coefficient (Wildman–Crippen LogP) is 3.20. The van der Waals surface area contributed by atoms with E-state index in [-0.39, 0.29) is 24.9 Å². The molecule has 1 atom stereocenters. The summed E-state index contributed by atoms with van der Waals surface area (Å²) in [5, 5.41) is 0. The number of likely N-dealkylation sites (tertiary alicyclic amines) is 1. The molecule has 1 heterocycles. The molecular formula is C10H12ClF6NO. The molecule has 1 amide bonds. The predicted molar refractivity (Wildman–Crippen MR) is 55.6 cm³/mol. The zero-order valence-corrected chi connectivity index (χ0v) is 10.4. The molecule has 0 spiro atoms. The molecule has 0 aromatic heterocycles. The van der Waals surface area contributed by atoms with Crippen LogP contribution in [0, 0.1) is 11.8 Å². The lowest BCUT2D eigenvalue weighted by Crippen LogP contribution is -2.49. The number of alkyl halides is 7. The van der Waals surface area contributed by atoms with E-state index in [2.05, 4.69) is 0 Å². The summed E-state index contributed by atoms with van der Waals surface area (Å²) in [5.74, 6) is -5.73. The highest BCUT2D eigenvalue weighted by Gasteiger charge is 2.62. The third-order valence-corrected chi connectivity index (χ3v) is 3.23. The number of amides is 1. The Morgan fingerprint density at radius 3 is 2.16 bits per heavy atom. The molecule has 1 aliphatic rings. The second-order valence-electron chi connectivity index (χ2n) is 4.43. The van der Waals surface area contributed by atoms with Crippen molar-refractivity contribution in [2.45, 2.75) is 25.2 Å². The first-order valence-electron chi connectivity index (χ1n) is 5.55. The molecule has 0 radical (unpaired) electrons. The van der Waals surface area contributed by atoms with Crippen molar-refractivity contribution in [3.05, 3.63) is 0 Å². The van der Waals surface area contributed by atoms with E-state index in [4.69, 9.17) is 11.6 Å². The molecule has 0 aliphatic carbocycles. The largest absolute Gasteiger partial charge is 0.409 e.